The Morgan fingerprint density at radius 3 is 2.36 bits per heavy atom. The molecule has 0 saturated carbocycles. The number of rotatable bonds is 6. The molecule has 2 amide bonds. The Balaban J connectivity index is 2.23. The molecular weight excluding hydrogens is 336 g/mol. The van der Waals surface area contributed by atoms with Crippen LogP contribution in [0.1, 0.15) is 23.6 Å². The molecule has 0 heterocycles. The lowest BCUT2D eigenvalue weighted by Crippen LogP contribution is -2.47. The van der Waals surface area contributed by atoms with E-state index < -0.39 is 6.04 Å². The summed E-state index contributed by atoms with van der Waals surface area (Å²) >= 11 is 6.17. The Labute approximate surface area is 153 Å². The van der Waals surface area contributed by atoms with Gasteiger partial charge in [-0.2, -0.15) is 0 Å². The number of amides is 2. The monoisotopic (exact) mass is 358 g/mol. The first-order valence-corrected chi connectivity index (χ1v) is 8.60. The number of hydrogen-bond acceptors (Lipinski definition) is 2. The molecule has 25 heavy (non-hydrogen) atoms. The largest absolute Gasteiger partial charge is 0.357 e. The zero-order chi connectivity index (χ0) is 18.4. The first-order valence-electron chi connectivity index (χ1n) is 8.22. The van der Waals surface area contributed by atoms with Crippen molar-refractivity contribution in [2.75, 3.05) is 7.05 Å². The SMILES string of the molecule is CNC(=O)C(C)N(Cc1ccc(C)cc1)C(=O)Cc1ccccc1Cl. The molecule has 0 spiro atoms. The molecule has 132 valence electrons. The number of nitrogens with one attached hydrogen (secondary N) is 1. The zero-order valence-electron chi connectivity index (χ0n) is 14.8. The van der Waals surface area contributed by atoms with Gasteiger partial charge in [0.1, 0.15) is 6.04 Å². The number of halogens is 1. The average Bonchev–Trinajstić information content (AvgIpc) is 2.61. The summed E-state index contributed by atoms with van der Waals surface area (Å²) in [5.41, 5.74) is 2.89. The Morgan fingerprint density at radius 1 is 1.12 bits per heavy atom. The minimum absolute atomic E-state index is 0.134. The number of carbonyl (C=O) groups excluding carboxylic acids is 2. The molecule has 1 atom stereocenters. The zero-order valence-corrected chi connectivity index (χ0v) is 15.5. The van der Waals surface area contributed by atoms with Gasteiger partial charge in [-0.25, -0.2) is 0 Å². The Hall–Kier alpha value is -2.33. The third-order valence-corrected chi connectivity index (χ3v) is 4.56. The normalized spacial score (nSPS) is 11.7. The second-order valence-electron chi connectivity index (χ2n) is 6.07. The molecule has 2 rings (SSSR count). The molecule has 0 radical (unpaired) electrons. The Bertz CT molecular complexity index is 744. The topological polar surface area (TPSA) is 49.4 Å². The smallest absolute Gasteiger partial charge is 0.242 e. The van der Waals surface area contributed by atoms with E-state index in [4.69, 9.17) is 11.6 Å². The van der Waals surface area contributed by atoms with E-state index in [1.807, 2.05) is 49.4 Å². The van der Waals surface area contributed by atoms with Crippen molar-refractivity contribution in [3.05, 3.63) is 70.2 Å². The van der Waals surface area contributed by atoms with Crippen molar-refractivity contribution >= 4 is 23.4 Å². The number of hydrogen-bond donors (Lipinski definition) is 1. The minimum Gasteiger partial charge on any atom is -0.357 e. The summed E-state index contributed by atoms with van der Waals surface area (Å²) in [7, 11) is 1.57. The second-order valence-corrected chi connectivity index (χ2v) is 6.47. The minimum atomic E-state index is -0.568. The maximum absolute atomic E-state index is 12.9. The highest BCUT2D eigenvalue weighted by atomic mass is 35.5. The average molecular weight is 359 g/mol. The van der Waals surface area contributed by atoms with Gasteiger partial charge in [-0.1, -0.05) is 59.6 Å². The van der Waals surface area contributed by atoms with Crippen LogP contribution in [0, 0.1) is 6.92 Å². The fourth-order valence-electron chi connectivity index (χ4n) is 2.59. The third-order valence-electron chi connectivity index (χ3n) is 4.19. The quantitative estimate of drug-likeness (QED) is 0.860. The van der Waals surface area contributed by atoms with Crippen molar-refractivity contribution in [1.29, 1.82) is 0 Å². The fraction of sp³-hybridized carbons (Fsp3) is 0.300. The van der Waals surface area contributed by atoms with Gasteiger partial charge >= 0.3 is 0 Å². The lowest BCUT2D eigenvalue weighted by molar-refractivity contribution is -0.139. The van der Waals surface area contributed by atoms with Crippen molar-refractivity contribution in [2.45, 2.75) is 32.9 Å². The molecule has 0 aromatic heterocycles. The Kier molecular flexibility index (Phi) is 6.59. The van der Waals surface area contributed by atoms with Crippen LogP contribution in [0.5, 0.6) is 0 Å². The van der Waals surface area contributed by atoms with Crippen molar-refractivity contribution in [2.24, 2.45) is 0 Å². The van der Waals surface area contributed by atoms with E-state index in [0.29, 0.717) is 11.6 Å². The van der Waals surface area contributed by atoms with Crippen molar-refractivity contribution in [3.63, 3.8) is 0 Å². The van der Waals surface area contributed by atoms with Crippen LogP contribution < -0.4 is 5.32 Å². The maximum Gasteiger partial charge on any atom is 0.242 e. The van der Waals surface area contributed by atoms with Crippen molar-refractivity contribution < 1.29 is 9.59 Å². The number of benzene rings is 2. The summed E-state index contributed by atoms with van der Waals surface area (Å²) in [6.45, 7) is 4.12. The van der Waals surface area contributed by atoms with E-state index >= 15 is 0 Å². The Morgan fingerprint density at radius 2 is 1.76 bits per heavy atom. The van der Waals surface area contributed by atoms with Gasteiger partial charge in [0.25, 0.3) is 0 Å². The lowest BCUT2D eigenvalue weighted by Gasteiger charge is -2.28. The third kappa shape index (κ3) is 5.07. The fourth-order valence-corrected chi connectivity index (χ4v) is 2.79. The van der Waals surface area contributed by atoms with Gasteiger partial charge < -0.3 is 10.2 Å². The molecule has 5 heteroatoms. The van der Waals surface area contributed by atoms with Gasteiger partial charge in [0.05, 0.1) is 6.42 Å². The van der Waals surface area contributed by atoms with E-state index in [-0.39, 0.29) is 18.2 Å². The molecule has 1 N–H and O–H groups in total. The van der Waals surface area contributed by atoms with Gasteiger partial charge in [-0.15, -0.1) is 0 Å². The summed E-state index contributed by atoms with van der Waals surface area (Å²) in [4.78, 5) is 26.6. The van der Waals surface area contributed by atoms with Crippen LogP contribution in [0.25, 0.3) is 0 Å². The number of nitrogens with zero attached hydrogens (tertiary/aromatic N) is 1. The van der Waals surface area contributed by atoms with Crippen molar-refractivity contribution in [3.8, 4) is 0 Å². The van der Waals surface area contributed by atoms with E-state index in [1.165, 1.54) is 0 Å². The maximum atomic E-state index is 12.9. The summed E-state index contributed by atoms with van der Waals surface area (Å²) in [5, 5.41) is 3.17. The van der Waals surface area contributed by atoms with Crippen LogP contribution in [-0.2, 0) is 22.6 Å². The van der Waals surface area contributed by atoms with E-state index in [0.717, 1.165) is 16.7 Å². The van der Waals surface area contributed by atoms with Crippen LogP contribution in [0.2, 0.25) is 5.02 Å². The van der Waals surface area contributed by atoms with Crippen LogP contribution >= 0.6 is 11.6 Å². The van der Waals surface area contributed by atoms with Gasteiger partial charge in [-0.05, 0) is 31.0 Å². The van der Waals surface area contributed by atoms with E-state index in [2.05, 4.69) is 5.32 Å². The first-order chi connectivity index (χ1) is 11.9. The second kappa shape index (κ2) is 8.67. The predicted octanol–water partition coefficient (Wildman–Crippen LogP) is 3.35. The molecular formula is C20H23ClN2O2. The highest BCUT2D eigenvalue weighted by Crippen LogP contribution is 2.18. The number of carbonyl (C=O) groups is 2. The standard InChI is InChI=1S/C20H23ClN2O2/c1-14-8-10-16(11-9-14)13-23(15(2)20(25)22-3)19(24)12-17-6-4-5-7-18(17)21/h4-11,15H,12-13H2,1-3H3,(H,22,25). The number of likely N-dealkylation sites (N-methyl/N-ethyl adjacent to an activating group) is 1. The molecule has 4 nitrogen and oxygen atoms in total. The number of aryl methyl sites for hydroxylation is 1. The first kappa shape index (κ1) is 19.0. The molecule has 0 saturated heterocycles. The summed E-state index contributed by atoms with van der Waals surface area (Å²) in [6.07, 6.45) is 0.160. The van der Waals surface area contributed by atoms with Crippen LogP contribution in [0.3, 0.4) is 0 Å². The molecule has 0 aliphatic heterocycles. The highest BCUT2D eigenvalue weighted by Gasteiger charge is 2.25. The molecule has 0 aliphatic carbocycles. The van der Waals surface area contributed by atoms with Gasteiger partial charge in [0.2, 0.25) is 11.8 Å². The van der Waals surface area contributed by atoms with Gasteiger partial charge in [0.15, 0.2) is 0 Å². The lowest BCUT2D eigenvalue weighted by atomic mass is 10.1. The summed E-state index contributed by atoms with van der Waals surface area (Å²) in [6, 6.07) is 14.6. The molecule has 1 unspecified atom stereocenters. The molecule has 0 bridgehead atoms. The van der Waals surface area contributed by atoms with Crippen LogP contribution in [0.15, 0.2) is 48.5 Å². The van der Waals surface area contributed by atoms with Crippen molar-refractivity contribution in [1.82, 2.24) is 10.2 Å². The molecule has 2 aromatic rings. The summed E-state index contributed by atoms with van der Waals surface area (Å²) in [5.74, 6) is -0.329. The van der Waals surface area contributed by atoms with Crippen LogP contribution in [0.4, 0.5) is 0 Å². The van der Waals surface area contributed by atoms with Gasteiger partial charge in [-0.3, -0.25) is 9.59 Å². The van der Waals surface area contributed by atoms with E-state index in [1.54, 1.807) is 24.9 Å². The summed E-state index contributed by atoms with van der Waals surface area (Å²) < 4.78 is 0. The van der Waals surface area contributed by atoms with E-state index in [9.17, 15) is 9.59 Å². The molecule has 0 fully saturated rings. The molecule has 0 aliphatic rings. The van der Waals surface area contributed by atoms with Crippen LogP contribution in [-0.4, -0.2) is 29.8 Å². The highest BCUT2D eigenvalue weighted by molar-refractivity contribution is 6.31. The predicted molar refractivity (Wildman–Crippen MR) is 100 cm³/mol. The molecule has 2 aromatic carbocycles. The van der Waals surface area contributed by atoms with Gasteiger partial charge in [0, 0.05) is 18.6 Å².